The lowest BCUT2D eigenvalue weighted by atomic mass is 9.97. The molecule has 0 radical (unpaired) electrons. The van der Waals surface area contributed by atoms with Gasteiger partial charge < -0.3 is 28.8 Å². The van der Waals surface area contributed by atoms with Crippen LogP contribution in [-0.4, -0.2) is 41.4 Å². The van der Waals surface area contributed by atoms with Gasteiger partial charge in [-0.2, -0.15) is 36.3 Å². The fourth-order valence-electron chi connectivity index (χ4n) is 11.6. The highest BCUT2D eigenvalue weighted by molar-refractivity contribution is 7.16. The van der Waals surface area contributed by atoms with Crippen LogP contribution in [0.5, 0.6) is 29.3 Å². The van der Waals surface area contributed by atoms with Gasteiger partial charge in [0.25, 0.3) is 0 Å². The molecule has 0 saturated heterocycles. The molecule has 0 aliphatic heterocycles. The summed E-state index contributed by atoms with van der Waals surface area (Å²) in [5, 5.41) is 9.91. The van der Waals surface area contributed by atoms with Gasteiger partial charge in [-0.25, -0.2) is 0 Å². The number of halogens is 9. The van der Waals surface area contributed by atoms with E-state index < -0.39 is 23.5 Å². The molecule has 0 bridgehead atoms. The number of rotatable bonds is 19. The predicted molar refractivity (Wildman–Crippen MR) is 509 cm³/mol. The summed E-state index contributed by atoms with van der Waals surface area (Å²) in [6, 6.07) is 58.2. The van der Waals surface area contributed by atoms with Gasteiger partial charge in [0.2, 0.25) is 17.7 Å². The summed E-state index contributed by atoms with van der Waals surface area (Å²) in [6.07, 6.45) is -5.93. The van der Waals surface area contributed by atoms with Crippen molar-refractivity contribution < 1.29 is 54.6 Å². The van der Waals surface area contributed by atoms with Gasteiger partial charge in [-0.15, -0.1) is 22.7 Å². The molecule has 0 fully saturated rings. The molecule has 1 N–H and O–H groups in total. The van der Waals surface area contributed by atoms with Gasteiger partial charge in [0.1, 0.15) is 17.3 Å². The number of carbonyl (C=O) groups is 1. The summed E-state index contributed by atoms with van der Waals surface area (Å²) in [4.78, 5) is 21.8. The summed E-state index contributed by atoms with van der Waals surface area (Å²) in [7, 11) is 3.06. The highest BCUT2D eigenvalue weighted by Crippen LogP contribution is 2.37. The maximum Gasteiger partial charge on any atom is 0.416 e. The smallest absolute Gasteiger partial charge is 0.416 e. The van der Waals surface area contributed by atoms with Crippen LogP contribution in [0.25, 0.3) is 0 Å². The molecule has 0 saturated carbocycles. The average Bonchev–Trinajstić information content (AvgIpc) is 1.66. The first kappa shape index (κ1) is 110. The molecule has 0 aliphatic rings. The molecular weight excluding hydrogens is 1660 g/mol. The number of hydrogen-bond donors (Lipinski definition) is 1. The van der Waals surface area contributed by atoms with Crippen LogP contribution in [0.4, 0.5) is 32.0 Å². The fraction of sp³-hybridized carbons (Fsp3) is 0.431. The summed E-state index contributed by atoms with van der Waals surface area (Å²) < 4.78 is 101. The molecule has 674 valence electrons. The summed E-state index contributed by atoms with van der Waals surface area (Å²) in [5.41, 5.74) is 12.2. The monoisotopic (exact) mass is 1790 g/mol. The first-order chi connectivity index (χ1) is 57.5. The van der Waals surface area contributed by atoms with Crippen molar-refractivity contribution in [3.05, 3.63) is 296 Å². The van der Waals surface area contributed by atoms with Crippen LogP contribution in [0.3, 0.4) is 0 Å². The number of alkyl halides is 6. The van der Waals surface area contributed by atoms with E-state index >= 15 is 0 Å². The maximum absolute atomic E-state index is 12.4. The molecule has 7 aromatic carbocycles. The van der Waals surface area contributed by atoms with Crippen LogP contribution in [0.1, 0.15) is 295 Å². The number of ether oxygens (including phenoxy) is 4. The number of methoxy groups -OCH3 is 2. The average molecular weight is 1800 g/mol. The Labute approximate surface area is 755 Å². The Morgan fingerprint density at radius 1 is 0.480 bits per heavy atom. The van der Waals surface area contributed by atoms with E-state index in [4.69, 9.17) is 58.3 Å². The number of carbonyl (C=O) groups excluding carboxylic acids is 1. The van der Waals surface area contributed by atoms with Gasteiger partial charge in [0.15, 0.2) is 0 Å². The second kappa shape index (κ2) is 56.3. The van der Waals surface area contributed by atoms with E-state index in [0.717, 1.165) is 67.8 Å². The molecule has 0 spiro atoms. The van der Waals surface area contributed by atoms with Crippen molar-refractivity contribution >= 4 is 69.1 Å². The first-order valence-electron chi connectivity index (χ1n) is 41.9. The predicted octanol–water partition coefficient (Wildman–Crippen LogP) is 33.9. The van der Waals surface area contributed by atoms with Gasteiger partial charge in [0, 0.05) is 38.0 Å². The topological polar surface area (TPSA) is 118 Å². The minimum atomic E-state index is -4.30. The zero-order valence-corrected chi connectivity index (χ0v) is 81.7. The highest BCUT2D eigenvalue weighted by Gasteiger charge is 2.34. The Morgan fingerprint density at radius 3 is 1.36 bits per heavy atom. The summed E-state index contributed by atoms with van der Waals surface area (Å²) in [5.74, 6) is 7.97. The molecule has 1 amide bonds. The van der Waals surface area contributed by atoms with Gasteiger partial charge >= 0.3 is 18.4 Å². The van der Waals surface area contributed by atoms with Crippen LogP contribution >= 0.6 is 57.5 Å². The SMILES string of the molecule is CC(=O)Nc1ccc(C(C)C)cc1.CC(C)Oc1ccc(Cl)c(C(C)C)c1.CC(C)c1cc(C(F)(F)F)ccc1Cl.CC(C)c1ccc(Cl)s1.CC(C)c1ccccc1C(F)(F)F.CC(C)c1cccs1.COc1cc(OC)nc(Oc2ccc(C(C)C)cc2)n1.Cc1ccc(CC(C)C)cc1.Cc1ccccc1CC(C)C.Cc1noc(C)c1C(C)C. The first-order valence-corrected chi connectivity index (χ1v) is 44.7. The third-order valence-electron chi connectivity index (χ3n) is 18.1. The number of benzene rings is 7. The number of aryl methyl sites for hydroxylation is 4. The molecule has 0 atom stereocenters. The number of hydrogen-bond acceptors (Lipinski definition) is 11. The van der Waals surface area contributed by atoms with Gasteiger partial charge in [-0.1, -0.05) is 281 Å². The minimum absolute atomic E-state index is 0.00944. The van der Waals surface area contributed by atoms with Crippen molar-refractivity contribution in [3.63, 3.8) is 0 Å². The number of aromatic nitrogens is 3. The van der Waals surface area contributed by atoms with E-state index in [1.165, 1.54) is 101 Å². The molecule has 0 aliphatic carbocycles. The normalized spacial score (nSPS) is 10.9. The molecule has 21 heteroatoms. The zero-order chi connectivity index (χ0) is 93.2. The number of nitrogens with one attached hydrogen (secondary N) is 1. The molecule has 11 aromatic rings. The number of thiophene rings is 2. The molecular formula is C102H135Cl3F6N4O6S2. The van der Waals surface area contributed by atoms with Crippen LogP contribution in [0.15, 0.2) is 198 Å². The van der Waals surface area contributed by atoms with E-state index in [0.29, 0.717) is 69.2 Å². The van der Waals surface area contributed by atoms with E-state index in [9.17, 15) is 31.1 Å². The fourth-order valence-corrected chi connectivity index (χ4v) is 14.1. The van der Waals surface area contributed by atoms with E-state index in [-0.39, 0.29) is 29.9 Å². The summed E-state index contributed by atoms with van der Waals surface area (Å²) in [6.45, 7) is 55.8. The second-order valence-electron chi connectivity index (χ2n) is 33.1. The molecule has 0 unspecified atom stereocenters. The maximum atomic E-state index is 12.4. The van der Waals surface area contributed by atoms with Crippen LogP contribution in [0, 0.1) is 39.5 Å². The third-order valence-corrected chi connectivity index (χ3v) is 21.5. The minimum Gasteiger partial charge on any atom is -0.491 e. The van der Waals surface area contributed by atoms with E-state index in [2.05, 4.69) is 217 Å². The van der Waals surface area contributed by atoms with Crippen LogP contribution in [0.2, 0.25) is 14.4 Å². The summed E-state index contributed by atoms with van der Waals surface area (Å²) >= 11 is 21.1. The number of anilines is 1. The largest absolute Gasteiger partial charge is 0.491 e. The van der Waals surface area contributed by atoms with Crippen molar-refractivity contribution in [2.24, 2.45) is 11.8 Å². The molecule has 123 heavy (non-hydrogen) atoms. The molecule has 10 nitrogen and oxygen atoms in total. The van der Waals surface area contributed by atoms with Crippen molar-refractivity contribution in [3.8, 4) is 29.3 Å². The van der Waals surface area contributed by atoms with Gasteiger partial charge in [-0.3, -0.25) is 4.79 Å². The molecule has 4 heterocycles. The van der Waals surface area contributed by atoms with Crippen molar-refractivity contribution in [2.75, 3.05) is 19.5 Å². The second-order valence-corrected chi connectivity index (χ2v) is 36.7. The lowest BCUT2D eigenvalue weighted by Crippen LogP contribution is -2.09. The van der Waals surface area contributed by atoms with Gasteiger partial charge in [0.05, 0.1) is 47.5 Å². The number of amides is 1. The van der Waals surface area contributed by atoms with Crippen LogP contribution < -0.4 is 24.3 Å². The third kappa shape index (κ3) is 44.2. The number of nitrogens with zero attached hydrogens (tertiary/aromatic N) is 3. The quantitative estimate of drug-likeness (QED) is 0.0790. The van der Waals surface area contributed by atoms with Crippen molar-refractivity contribution in [2.45, 2.75) is 266 Å². The molecule has 4 aromatic heterocycles. The Balaban J connectivity index is 0.000000467. The lowest BCUT2D eigenvalue weighted by molar-refractivity contribution is -0.138. The van der Waals surface area contributed by atoms with Crippen LogP contribution in [-0.2, 0) is 30.0 Å². The van der Waals surface area contributed by atoms with Crippen molar-refractivity contribution in [1.82, 2.24) is 15.1 Å². The molecule has 11 rings (SSSR count). The van der Waals surface area contributed by atoms with E-state index in [1.54, 1.807) is 51.2 Å². The Hall–Kier alpha value is -8.65. The van der Waals surface area contributed by atoms with Crippen molar-refractivity contribution in [1.29, 1.82) is 0 Å². The Morgan fingerprint density at radius 2 is 0.976 bits per heavy atom. The van der Waals surface area contributed by atoms with Gasteiger partial charge in [-0.05, 0) is 248 Å². The highest BCUT2D eigenvalue weighted by atomic mass is 35.5. The Bertz CT molecular complexity index is 4710. The standard InChI is InChI=1S/C15H18N2O3.C12H17ClO.C11H15NO.2C11H16.C10H10ClF3.C10H11F3.C8H13NO.C7H9ClS.C7H10S/c1-10(2)11-5-7-12(8-6-11)20-15-16-13(18-3)9-14(17-15)19-4;1-8(2)11-7-10(14-9(3)4)5-6-12(11)13;1-8(2)10-4-6-11(7-5-10)12-9(3)13;1-9(2)8-11-6-4-10(3)5-7-11;1-9(2)8-11-7-5-4-6-10(11)3;1-6(2)8-5-7(10(12,13)14)3-4-9(8)11;1-7(2)8-5-3-4-6-9(8)10(11,12)13;1-5(2)8-6(3)9-10-7(8)4;1-5(2)6-3-4-7(8)9-6;1-6(2)7-4-3-5-8-7/h5-10H,1-4H3;5-9H,1-4H3;4-8H,1-3H3,(H,12,13);2*4-7,9H,8H2,1-3H3;3-6H,1-2H3;3-7H,1-2H3;5H,1-4H3;3-5H,1-2H3;3-6H,1-2H3. The Kier molecular flexibility index (Phi) is 50.6. The lowest BCUT2D eigenvalue weighted by Gasteiger charge is -2.14. The van der Waals surface area contributed by atoms with E-state index in [1.807, 2.05) is 112 Å². The zero-order valence-electron chi connectivity index (χ0n) is 77.7.